The summed E-state index contributed by atoms with van der Waals surface area (Å²) in [6.45, 7) is 4.75. The minimum absolute atomic E-state index is 0.0900. The summed E-state index contributed by atoms with van der Waals surface area (Å²) in [4.78, 5) is 4.30. The molecular formula is C9H22N4O. The van der Waals surface area contributed by atoms with Gasteiger partial charge in [0, 0.05) is 25.6 Å². The molecule has 0 saturated carbocycles. The molecule has 0 spiro atoms. The monoisotopic (exact) mass is 202 g/mol. The van der Waals surface area contributed by atoms with Crippen LogP contribution >= 0.6 is 0 Å². The molecule has 14 heavy (non-hydrogen) atoms. The zero-order valence-corrected chi connectivity index (χ0v) is 9.56. The van der Waals surface area contributed by atoms with Gasteiger partial charge in [0.2, 0.25) is 0 Å². The molecule has 5 nitrogen and oxygen atoms in total. The Morgan fingerprint density at radius 2 is 1.93 bits per heavy atom. The van der Waals surface area contributed by atoms with E-state index in [0.29, 0.717) is 5.84 Å². The molecule has 5 heteroatoms. The van der Waals surface area contributed by atoms with E-state index >= 15 is 0 Å². The Morgan fingerprint density at radius 1 is 1.36 bits per heavy atom. The lowest BCUT2D eigenvalue weighted by atomic mass is 10.1. The minimum atomic E-state index is 0.0900. The molecule has 0 aliphatic carbocycles. The highest BCUT2D eigenvalue weighted by molar-refractivity contribution is 5.82. The second-order valence-electron chi connectivity index (χ2n) is 3.99. The third-order valence-corrected chi connectivity index (χ3v) is 2.13. The minimum Gasteiger partial charge on any atom is -0.409 e. The Kier molecular flexibility index (Phi) is 6.23. The molecule has 0 aliphatic heterocycles. The van der Waals surface area contributed by atoms with Crippen molar-refractivity contribution >= 4 is 5.84 Å². The normalized spacial score (nSPS) is 15.1. The molecule has 0 fully saturated rings. The van der Waals surface area contributed by atoms with Crippen LogP contribution in [-0.2, 0) is 0 Å². The number of nitrogens with two attached hydrogens (primary N) is 1. The first kappa shape index (κ1) is 13.2. The first-order valence-corrected chi connectivity index (χ1v) is 4.78. The number of hydrogen-bond donors (Lipinski definition) is 2. The molecule has 0 aromatic carbocycles. The summed E-state index contributed by atoms with van der Waals surface area (Å²) < 4.78 is 0. The van der Waals surface area contributed by atoms with Crippen LogP contribution in [0.1, 0.15) is 6.92 Å². The van der Waals surface area contributed by atoms with Crippen LogP contribution in [0, 0.1) is 5.92 Å². The summed E-state index contributed by atoms with van der Waals surface area (Å²) in [6, 6.07) is 0. The van der Waals surface area contributed by atoms with E-state index in [1.54, 1.807) is 0 Å². The SMILES string of the molecule is CC(CN(C)CCN(C)C)C(N)=NO. The molecule has 1 unspecified atom stereocenters. The predicted octanol–water partition coefficient (Wildman–Crippen LogP) is -0.138. The number of nitrogens with zero attached hydrogens (tertiary/aromatic N) is 3. The lowest BCUT2D eigenvalue weighted by molar-refractivity contribution is 0.265. The third-order valence-electron chi connectivity index (χ3n) is 2.13. The third kappa shape index (κ3) is 5.77. The molecule has 0 aromatic heterocycles. The first-order chi connectivity index (χ1) is 6.47. The zero-order chi connectivity index (χ0) is 11.1. The number of hydrogen-bond acceptors (Lipinski definition) is 4. The fourth-order valence-corrected chi connectivity index (χ4v) is 1.12. The molecule has 0 radical (unpaired) electrons. The van der Waals surface area contributed by atoms with Gasteiger partial charge in [0.1, 0.15) is 5.84 Å². The van der Waals surface area contributed by atoms with E-state index in [1.165, 1.54) is 0 Å². The van der Waals surface area contributed by atoms with Crippen molar-refractivity contribution in [3.63, 3.8) is 0 Å². The number of oxime groups is 1. The first-order valence-electron chi connectivity index (χ1n) is 4.78. The highest BCUT2D eigenvalue weighted by Crippen LogP contribution is 1.97. The highest BCUT2D eigenvalue weighted by atomic mass is 16.4. The van der Waals surface area contributed by atoms with E-state index in [1.807, 2.05) is 28.1 Å². The van der Waals surface area contributed by atoms with E-state index in [9.17, 15) is 0 Å². The largest absolute Gasteiger partial charge is 0.409 e. The molecule has 0 rings (SSSR count). The number of amidine groups is 1. The molecular weight excluding hydrogens is 180 g/mol. The number of likely N-dealkylation sites (N-methyl/N-ethyl adjacent to an activating group) is 2. The van der Waals surface area contributed by atoms with Crippen LogP contribution in [0.25, 0.3) is 0 Å². The molecule has 0 heterocycles. The van der Waals surface area contributed by atoms with Crippen LogP contribution < -0.4 is 5.73 Å². The van der Waals surface area contributed by atoms with Gasteiger partial charge in [-0.15, -0.1) is 0 Å². The summed E-state index contributed by atoms with van der Waals surface area (Å²) >= 11 is 0. The number of rotatable bonds is 6. The Balaban J connectivity index is 3.76. The summed E-state index contributed by atoms with van der Waals surface area (Å²) in [6.07, 6.45) is 0. The van der Waals surface area contributed by atoms with E-state index < -0.39 is 0 Å². The maximum atomic E-state index is 8.47. The van der Waals surface area contributed by atoms with Crippen molar-refractivity contribution in [1.82, 2.24) is 9.80 Å². The molecule has 0 bridgehead atoms. The second-order valence-corrected chi connectivity index (χ2v) is 3.99. The van der Waals surface area contributed by atoms with Gasteiger partial charge >= 0.3 is 0 Å². The van der Waals surface area contributed by atoms with Crippen LogP contribution in [0.4, 0.5) is 0 Å². The van der Waals surface area contributed by atoms with E-state index in [2.05, 4.69) is 15.0 Å². The van der Waals surface area contributed by atoms with Crippen molar-refractivity contribution in [3.05, 3.63) is 0 Å². The van der Waals surface area contributed by atoms with Gasteiger partial charge in [0.05, 0.1) is 0 Å². The highest BCUT2D eigenvalue weighted by Gasteiger charge is 2.10. The molecule has 1 atom stereocenters. The van der Waals surface area contributed by atoms with Crippen molar-refractivity contribution in [2.75, 3.05) is 40.8 Å². The van der Waals surface area contributed by atoms with Crippen LogP contribution in [0.3, 0.4) is 0 Å². The van der Waals surface area contributed by atoms with Gasteiger partial charge in [-0.2, -0.15) is 0 Å². The maximum absolute atomic E-state index is 8.47. The standard InChI is InChI=1S/C9H22N4O/c1-8(9(10)11-14)7-13(4)6-5-12(2)3/h8,14H,5-7H2,1-4H3,(H2,10,11). The summed E-state index contributed by atoms with van der Waals surface area (Å²) in [5.41, 5.74) is 5.48. The van der Waals surface area contributed by atoms with Gasteiger partial charge in [0.25, 0.3) is 0 Å². The summed E-state index contributed by atoms with van der Waals surface area (Å²) in [7, 11) is 6.12. The van der Waals surface area contributed by atoms with Gasteiger partial charge < -0.3 is 20.7 Å². The van der Waals surface area contributed by atoms with Crippen molar-refractivity contribution in [2.45, 2.75) is 6.92 Å². The van der Waals surface area contributed by atoms with Crippen LogP contribution in [0.15, 0.2) is 5.16 Å². The molecule has 0 saturated heterocycles. The molecule has 0 aromatic rings. The van der Waals surface area contributed by atoms with E-state index in [-0.39, 0.29) is 5.92 Å². The van der Waals surface area contributed by atoms with Gasteiger partial charge in [-0.25, -0.2) is 0 Å². The molecule has 0 aliphatic rings. The predicted molar refractivity (Wildman–Crippen MR) is 58.6 cm³/mol. The Morgan fingerprint density at radius 3 is 2.36 bits per heavy atom. The average Bonchev–Trinajstić information content (AvgIpc) is 2.13. The molecule has 84 valence electrons. The average molecular weight is 202 g/mol. The molecule has 0 amide bonds. The van der Waals surface area contributed by atoms with E-state index in [0.717, 1.165) is 19.6 Å². The smallest absolute Gasteiger partial charge is 0.143 e. The van der Waals surface area contributed by atoms with Gasteiger partial charge in [-0.1, -0.05) is 12.1 Å². The van der Waals surface area contributed by atoms with Crippen molar-refractivity contribution in [2.24, 2.45) is 16.8 Å². The zero-order valence-electron chi connectivity index (χ0n) is 9.56. The van der Waals surface area contributed by atoms with Crippen molar-refractivity contribution in [3.8, 4) is 0 Å². The van der Waals surface area contributed by atoms with Crippen LogP contribution in [0.5, 0.6) is 0 Å². The Labute approximate surface area is 86.2 Å². The second kappa shape index (κ2) is 6.62. The molecule has 3 N–H and O–H groups in total. The van der Waals surface area contributed by atoms with Gasteiger partial charge in [-0.05, 0) is 21.1 Å². The fraction of sp³-hybridized carbons (Fsp3) is 0.889. The summed E-state index contributed by atoms with van der Waals surface area (Å²) in [5.74, 6) is 0.383. The lowest BCUT2D eigenvalue weighted by Crippen LogP contribution is -2.36. The van der Waals surface area contributed by atoms with E-state index in [4.69, 9.17) is 10.9 Å². The fourth-order valence-electron chi connectivity index (χ4n) is 1.12. The Hall–Kier alpha value is -0.810. The lowest BCUT2D eigenvalue weighted by Gasteiger charge is -2.22. The Bertz CT molecular complexity index is 182. The quantitative estimate of drug-likeness (QED) is 0.272. The van der Waals surface area contributed by atoms with Crippen molar-refractivity contribution < 1.29 is 5.21 Å². The van der Waals surface area contributed by atoms with Crippen molar-refractivity contribution in [1.29, 1.82) is 0 Å². The van der Waals surface area contributed by atoms with Crippen LogP contribution in [-0.4, -0.2) is 61.6 Å². The van der Waals surface area contributed by atoms with Gasteiger partial charge in [0.15, 0.2) is 0 Å². The topological polar surface area (TPSA) is 65.1 Å². The summed E-state index contributed by atoms with van der Waals surface area (Å²) in [5, 5.41) is 11.5. The van der Waals surface area contributed by atoms with Gasteiger partial charge in [-0.3, -0.25) is 0 Å². The maximum Gasteiger partial charge on any atom is 0.143 e. The van der Waals surface area contributed by atoms with Crippen LogP contribution in [0.2, 0.25) is 0 Å².